The monoisotopic (exact) mass is 811 g/mol. The average Bonchev–Trinajstić information content (AvgIpc) is 3.53. The molecule has 54 heavy (non-hydrogen) atoms. The predicted molar refractivity (Wildman–Crippen MR) is 240 cm³/mol. The normalized spacial score (nSPS) is 17.5. The van der Waals surface area contributed by atoms with Crippen molar-refractivity contribution in [2.24, 2.45) is 0 Å². The molecule has 0 N–H and O–H groups in total. The van der Waals surface area contributed by atoms with E-state index in [1.54, 1.807) is 22.3 Å². The molecule has 285 valence electrons. The fraction of sp³-hybridized carbons (Fsp3) is 0.462. The van der Waals surface area contributed by atoms with E-state index in [-0.39, 0.29) is 21.7 Å². The van der Waals surface area contributed by atoms with Gasteiger partial charge < -0.3 is 0 Å². The van der Waals surface area contributed by atoms with Crippen LogP contribution < -0.4 is 0 Å². The molecule has 2 heteroatoms. The summed E-state index contributed by atoms with van der Waals surface area (Å²) in [5, 5.41) is 0. The van der Waals surface area contributed by atoms with Crippen molar-refractivity contribution >= 4 is 18.1 Å². The number of benzene rings is 4. The van der Waals surface area contributed by atoms with Crippen molar-refractivity contribution in [3.05, 3.63) is 127 Å². The topological polar surface area (TPSA) is 0 Å². The SMILES string of the molecule is CC1=Cc2c(-c3cc(C(C)(C)C)cc(C(C)(C)C)c3)cc(C)cc2[CH]1[Zr]([CH]1C(C)=Cc2c(-c3cc(C(C)(C)C)cc(C(C)(C)C)c3)cc(C)cc21)[SiH](C)C. The first-order chi connectivity index (χ1) is 24.8. The molecule has 0 saturated carbocycles. The van der Waals surface area contributed by atoms with Gasteiger partial charge in [-0.25, -0.2) is 0 Å². The van der Waals surface area contributed by atoms with Crippen LogP contribution in [0.5, 0.6) is 0 Å². The average molecular weight is 813 g/mol. The summed E-state index contributed by atoms with van der Waals surface area (Å²) < 4.78 is 1.22. The van der Waals surface area contributed by atoms with E-state index in [9.17, 15) is 0 Å². The van der Waals surface area contributed by atoms with Crippen LogP contribution in [-0.4, -0.2) is 5.92 Å². The van der Waals surface area contributed by atoms with Gasteiger partial charge in [0, 0.05) is 0 Å². The van der Waals surface area contributed by atoms with Gasteiger partial charge in [-0.05, 0) is 0 Å². The van der Waals surface area contributed by atoms with Gasteiger partial charge in [0.15, 0.2) is 0 Å². The Balaban J connectivity index is 1.52. The number of rotatable bonds is 5. The molecule has 0 nitrogen and oxygen atoms in total. The van der Waals surface area contributed by atoms with Gasteiger partial charge in [-0.2, -0.15) is 0 Å². The Morgan fingerprint density at radius 3 is 0.981 bits per heavy atom. The van der Waals surface area contributed by atoms with E-state index in [2.05, 4.69) is 197 Å². The van der Waals surface area contributed by atoms with Crippen molar-refractivity contribution in [3.8, 4) is 22.3 Å². The number of hydrogen-bond donors (Lipinski definition) is 0. The van der Waals surface area contributed by atoms with Gasteiger partial charge in [-0.15, -0.1) is 0 Å². The molecule has 4 aromatic carbocycles. The molecular formula is C52H69SiZr. The molecule has 0 radical (unpaired) electrons. The summed E-state index contributed by atoms with van der Waals surface area (Å²) in [6.07, 6.45) is 5.24. The standard InChI is InChI=1S/2C25H31.C2H7Si.Zr/c2*1-16-9-18-10-17(2)12-23(22(18)11-16)19-13-20(24(3,4)5)15-21(14-19)25(6,7)8;1-3-2;/h2*9-15H,1-8H3;3H,1-2H3;. The summed E-state index contributed by atoms with van der Waals surface area (Å²) in [5.41, 5.74) is 24.0. The molecule has 2 aliphatic rings. The van der Waals surface area contributed by atoms with Crippen molar-refractivity contribution in [2.45, 2.75) is 153 Å². The van der Waals surface area contributed by atoms with Gasteiger partial charge in [0.25, 0.3) is 0 Å². The van der Waals surface area contributed by atoms with E-state index in [0.717, 1.165) is 0 Å². The first-order valence-electron chi connectivity index (χ1n) is 20.6. The van der Waals surface area contributed by atoms with Crippen LogP contribution in [0.4, 0.5) is 0 Å². The summed E-state index contributed by atoms with van der Waals surface area (Å²) in [5.74, 6) is -1.01. The van der Waals surface area contributed by atoms with E-state index in [1.807, 2.05) is 0 Å². The molecule has 0 spiro atoms. The third-order valence-electron chi connectivity index (χ3n) is 12.3. The van der Waals surface area contributed by atoms with Gasteiger partial charge >= 0.3 is 341 Å². The molecule has 0 saturated heterocycles. The predicted octanol–water partition coefficient (Wildman–Crippen LogP) is 15.0. The van der Waals surface area contributed by atoms with E-state index >= 15 is 0 Å². The number of aryl methyl sites for hydroxylation is 2. The Bertz CT molecular complexity index is 1960. The molecule has 4 aromatic rings. The van der Waals surface area contributed by atoms with Crippen LogP contribution in [0.2, 0.25) is 13.1 Å². The third kappa shape index (κ3) is 7.87. The van der Waals surface area contributed by atoms with E-state index < -0.39 is 26.8 Å². The van der Waals surface area contributed by atoms with Crippen LogP contribution in [0.3, 0.4) is 0 Å². The summed E-state index contributed by atoms with van der Waals surface area (Å²) in [7, 11) is 0. The molecule has 0 amide bonds. The zero-order valence-electron chi connectivity index (χ0n) is 37.2. The second-order valence-electron chi connectivity index (χ2n) is 21.5. The second-order valence-corrected chi connectivity index (χ2v) is 41.6. The van der Waals surface area contributed by atoms with Gasteiger partial charge in [0.2, 0.25) is 0 Å². The molecule has 2 unspecified atom stereocenters. The Morgan fingerprint density at radius 1 is 0.426 bits per heavy atom. The fourth-order valence-corrected chi connectivity index (χ4v) is 32.2. The maximum atomic E-state index is 2.70. The maximum absolute atomic E-state index is 2.70. The molecule has 2 aliphatic carbocycles. The van der Waals surface area contributed by atoms with Crippen molar-refractivity contribution < 1.29 is 20.9 Å². The minimum atomic E-state index is -2.25. The molecular weight excluding hydrogens is 744 g/mol. The molecule has 6 rings (SSSR count). The Kier molecular flexibility index (Phi) is 10.8. The quantitative estimate of drug-likeness (QED) is 0.176. The zero-order chi connectivity index (χ0) is 40.0. The number of hydrogen-bond acceptors (Lipinski definition) is 0. The van der Waals surface area contributed by atoms with Crippen LogP contribution in [0.25, 0.3) is 34.4 Å². The summed E-state index contributed by atoms with van der Waals surface area (Å²) in [4.78, 5) is 0. The van der Waals surface area contributed by atoms with Gasteiger partial charge in [0.1, 0.15) is 0 Å². The minimum absolute atomic E-state index is 0.0838. The third-order valence-corrected chi connectivity index (χ3v) is 34.4. The summed E-state index contributed by atoms with van der Waals surface area (Å²) in [6.45, 7) is 43.4. The fourth-order valence-electron chi connectivity index (χ4n) is 9.06. The summed E-state index contributed by atoms with van der Waals surface area (Å²) in [6, 6.07) is 25.1. The zero-order valence-corrected chi connectivity index (χ0v) is 40.8. The molecule has 0 bridgehead atoms. The van der Waals surface area contributed by atoms with E-state index in [0.29, 0.717) is 7.25 Å². The van der Waals surface area contributed by atoms with Crippen LogP contribution in [0, 0.1) is 13.8 Å². The van der Waals surface area contributed by atoms with Crippen molar-refractivity contribution in [2.75, 3.05) is 0 Å². The van der Waals surface area contributed by atoms with E-state index in [1.165, 1.54) is 66.8 Å². The number of allylic oxidation sites excluding steroid dienone is 2. The first kappa shape index (κ1) is 41.1. The molecule has 0 aliphatic heterocycles. The Hall–Kier alpha value is -2.54. The van der Waals surface area contributed by atoms with Crippen molar-refractivity contribution in [1.82, 2.24) is 0 Å². The first-order valence-corrected chi connectivity index (χ1v) is 30.6. The molecule has 0 fully saturated rings. The molecule has 2 atom stereocenters. The van der Waals surface area contributed by atoms with Gasteiger partial charge in [-0.1, -0.05) is 0 Å². The second kappa shape index (κ2) is 14.1. The van der Waals surface area contributed by atoms with Crippen LogP contribution in [-0.2, 0) is 42.6 Å². The van der Waals surface area contributed by atoms with Crippen LogP contribution in [0.1, 0.15) is 160 Å². The van der Waals surface area contributed by atoms with Crippen molar-refractivity contribution in [1.29, 1.82) is 0 Å². The Morgan fingerprint density at radius 2 is 0.722 bits per heavy atom. The van der Waals surface area contributed by atoms with Gasteiger partial charge in [0.05, 0.1) is 0 Å². The summed E-state index contributed by atoms with van der Waals surface area (Å²) >= 11 is -2.25. The van der Waals surface area contributed by atoms with Crippen LogP contribution >= 0.6 is 0 Å². The van der Waals surface area contributed by atoms with Gasteiger partial charge in [-0.3, -0.25) is 0 Å². The van der Waals surface area contributed by atoms with Crippen molar-refractivity contribution in [3.63, 3.8) is 0 Å². The number of fused-ring (bicyclic) bond motifs is 2. The Labute approximate surface area is 339 Å². The molecule has 0 heterocycles. The molecule has 0 aromatic heterocycles. The van der Waals surface area contributed by atoms with Crippen LogP contribution in [0.15, 0.2) is 71.8 Å². The van der Waals surface area contributed by atoms with E-state index in [4.69, 9.17) is 0 Å².